The lowest BCUT2D eigenvalue weighted by atomic mass is 9.98. The molecule has 74 heavy (non-hydrogen) atoms. The molecule has 0 bridgehead atoms. The lowest BCUT2D eigenvalue weighted by Gasteiger charge is -2.30. The Balaban J connectivity index is 3.52. The number of primary amides is 3. The molecule has 0 saturated carbocycles. The molecule has 9 atom stereocenters. The predicted molar refractivity (Wildman–Crippen MR) is 270 cm³/mol. The standard InChI is InChI=1S/C46H78N16O12/c1-22(2)19-32(60-38(68)24(5)20-34(48)66)42(72)61-35(23(3)4)43(73)62-36(25(6)63)44(74)58-29(10-8-18-55-46(52)53)39(69)57-30(15-16-33(47)65)41(71)56-28(9-7-17-54-45(50)51)40(70)59-31(37(49)67)21-26-11-13-27(64)14-12-26/h11-14,22-25,28-32,35-36,63-64H,7-10,15-21H2,1-6H3,(H2,47,65)(H2,48,66)(H2,49,67)(H,56,71)(H,57,69)(H,58,74)(H,59,70)(H,60,68)(H,61,72)(H,62,73)(H4,50,51,54)(H4,52,53,55)/t24-,25+,28+,29-,30-,31-,32-,35-,36-/m0/s1. The van der Waals surface area contributed by atoms with Crippen LogP contribution < -0.4 is 76.5 Å². The number of nitrogens with one attached hydrogen (secondary N) is 11. The van der Waals surface area contributed by atoms with Gasteiger partial charge in [0.15, 0.2) is 11.9 Å². The highest BCUT2D eigenvalue weighted by Crippen LogP contribution is 2.14. The Morgan fingerprint density at radius 3 is 1.36 bits per heavy atom. The third-order valence-electron chi connectivity index (χ3n) is 11.2. The van der Waals surface area contributed by atoms with Gasteiger partial charge in [0, 0.05) is 38.3 Å². The van der Waals surface area contributed by atoms with E-state index in [0.717, 1.165) is 0 Å². The van der Waals surface area contributed by atoms with Crippen LogP contribution in [0.25, 0.3) is 0 Å². The zero-order chi connectivity index (χ0) is 56.4. The topological polar surface area (TPSA) is 497 Å². The molecule has 0 aliphatic carbocycles. The third kappa shape index (κ3) is 25.1. The second-order valence-corrected chi connectivity index (χ2v) is 18.7. The van der Waals surface area contributed by atoms with E-state index in [4.69, 9.17) is 39.5 Å². The minimum atomic E-state index is -1.77. The molecule has 1 aromatic rings. The Labute approximate surface area is 429 Å². The number of amides is 10. The van der Waals surface area contributed by atoms with Gasteiger partial charge in [-0.2, -0.15) is 0 Å². The van der Waals surface area contributed by atoms with Crippen LogP contribution in [0, 0.1) is 28.6 Å². The van der Waals surface area contributed by atoms with Crippen LogP contribution in [0.4, 0.5) is 0 Å². The molecular weight excluding hydrogens is 969 g/mol. The number of aliphatic hydroxyl groups is 1. The number of nitrogens with two attached hydrogens (primary N) is 5. The molecule has 0 aromatic heterocycles. The Hall–Kier alpha value is -7.78. The van der Waals surface area contributed by atoms with E-state index in [2.05, 4.69) is 47.9 Å². The SMILES string of the molecule is CC(C)C[C@H](NC(=O)[C@@H](C)CC(N)=O)C(=O)N[C@H](C(=O)N[C@H](C(=O)N[C@@H](CCCNC(=N)N)C(=O)N[C@@H](CCC(N)=O)C(=O)N[C@H](CCCNC(=N)N)C(=O)N[C@@H](Cc1ccc(O)cc1)C(N)=O)[C@@H](C)O)C(C)C. The van der Waals surface area contributed by atoms with E-state index in [1.165, 1.54) is 38.1 Å². The number of hydrogen-bond acceptors (Lipinski definition) is 14. The summed E-state index contributed by atoms with van der Waals surface area (Å²) < 4.78 is 0. The number of hydrogen-bond donors (Lipinski definition) is 18. The van der Waals surface area contributed by atoms with Gasteiger partial charge in [-0.25, -0.2) is 0 Å². The van der Waals surface area contributed by atoms with Crippen LogP contribution in [0.15, 0.2) is 24.3 Å². The van der Waals surface area contributed by atoms with Crippen molar-refractivity contribution in [3.63, 3.8) is 0 Å². The minimum Gasteiger partial charge on any atom is -0.508 e. The highest BCUT2D eigenvalue weighted by Gasteiger charge is 2.36. The van der Waals surface area contributed by atoms with Gasteiger partial charge >= 0.3 is 0 Å². The molecular formula is C46H78N16O12. The maximum atomic E-state index is 14.2. The fraction of sp³-hybridized carbons (Fsp3) is 0.609. The van der Waals surface area contributed by atoms with Crippen LogP contribution in [0.5, 0.6) is 5.75 Å². The molecule has 0 unspecified atom stereocenters. The number of rotatable bonds is 34. The molecule has 28 nitrogen and oxygen atoms in total. The summed E-state index contributed by atoms with van der Waals surface area (Å²) in [4.78, 5) is 132. The summed E-state index contributed by atoms with van der Waals surface area (Å²) >= 11 is 0. The number of aromatic hydroxyl groups is 1. The Bertz CT molecular complexity index is 2120. The van der Waals surface area contributed by atoms with E-state index >= 15 is 0 Å². The Kier molecular flexibility index (Phi) is 28.1. The summed E-state index contributed by atoms with van der Waals surface area (Å²) in [5.41, 5.74) is 27.6. The van der Waals surface area contributed by atoms with Crippen molar-refractivity contribution in [3.05, 3.63) is 29.8 Å². The summed E-state index contributed by atoms with van der Waals surface area (Å²) in [6.45, 7) is 9.49. The van der Waals surface area contributed by atoms with Crippen molar-refractivity contribution in [2.24, 2.45) is 46.4 Å². The van der Waals surface area contributed by atoms with Crippen LogP contribution in [0.1, 0.15) is 98.5 Å². The van der Waals surface area contributed by atoms with Crippen LogP contribution in [0.2, 0.25) is 0 Å². The number of aliphatic hydroxyl groups excluding tert-OH is 1. The van der Waals surface area contributed by atoms with Gasteiger partial charge in [0.05, 0.1) is 6.10 Å². The van der Waals surface area contributed by atoms with E-state index in [9.17, 15) is 58.2 Å². The molecule has 0 fully saturated rings. The number of carbonyl (C=O) groups excluding carboxylic acids is 10. The molecule has 28 heteroatoms. The Morgan fingerprint density at radius 2 is 0.946 bits per heavy atom. The van der Waals surface area contributed by atoms with Crippen LogP contribution in [-0.4, -0.2) is 143 Å². The maximum absolute atomic E-state index is 14.2. The van der Waals surface area contributed by atoms with Gasteiger partial charge in [-0.05, 0) is 75.0 Å². The van der Waals surface area contributed by atoms with Gasteiger partial charge < -0.3 is 86.7 Å². The zero-order valence-electron chi connectivity index (χ0n) is 42.8. The molecule has 0 radical (unpaired) electrons. The minimum absolute atomic E-state index is 0.0174. The fourth-order valence-corrected chi connectivity index (χ4v) is 7.17. The molecule has 414 valence electrons. The van der Waals surface area contributed by atoms with Crippen LogP contribution >= 0.6 is 0 Å². The highest BCUT2D eigenvalue weighted by atomic mass is 16.3. The van der Waals surface area contributed by atoms with Crippen molar-refractivity contribution >= 4 is 71.0 Å². The fourth-order valence-electron chi connectivity index (χ4n) is 7.17. The van der Waals surface area contributed by atoms with Crippen molar-refractivity contribution in [2.75, 3.05) is 13.1 Å². The van der Waals surface area contributed by atoms with Crippen molar-refractivity contribution in [1.82, 2.24) is 47.9 Å². The van der Waals surface area contributed by atoms with Crippen molar-refractivity contribution in [1.29, 1.82) is 10.8 Å². The predicted octanol–water partition coefficient (Wildman–Crippen LogP) is -4.80. The summed E-state index contributed by atoms with van der Waals surface area (Å²) in [6.07, 6.45) is -2.90. The molecule has 1 aromatic carbocycles. The first-order valence-electron chi connectivity index (χ1n) is 24.1. The third-order valence-corrected chi connectivity index (χ3v) is 11.2. The van der Waals surface area contributed by atoms with Crippen LogP contribution in [0.3, 0.4) is 0 Å². The molecule has 23 N–H and O–H groups in total. The summed E-state index contributed by atoms with van der Waals surface area (Å²) in [5.74, 6) is -11.3. The lowest BCUT2D eigenvalue weighted by Crippen LogP contribution is -2.62. The summed E-state index contributed by atoms with van der Waals surface area (Å²) in [6, 6.07) is -4.41. The molecule has 1 rings (SSSR count). The highest BCUT2D eigenvalue weighted by molar-refractivity contribution is 5.98. The second kappa shape index (κ2) is 32.3. The summed E-state index contributed by atoms with van der Waals surface area (Å²) in [7, 11) is 0. The Morgan fingerprint density at radius 1 is 0.527 bits per heavy atom. The maximum Gasteiger partial charge on any atom is 0.245 e. The second-order valence-electron chi connectivity index (χ2n) is 18.7. The number of phenols is 1. The van der Waals surface area contributed by atoms with E-state index in [1.807, 2.05) is 0 Å². The lowest BCUT2D eigenvalue weighted by molar-refractivity contribution is -0.138. The van der Waals surface area contributed by atoms with Gasteiger partial charge in [-0.15, -0.1) is 0 Å². The number of guanidine groups is 2. The van der Waals surface area contributed by atoms with E-state index < -0.39 is 138 Å². The van der Waals surface area contributed by atoms with E-state index in [1.54, 1.807) is 27.7 Å². The summed E-state index contributed by atoms with van der Waals surface area (Å²) in [5, 5.41) is 58.2. The van der Waals surface area contributed by atoms with Gasteiger partial charge in [-0.3, -0.25) is 58.8 Å². The number of benzene rings is 1. The normalized spacial score (nSPS) is 14.7. The average molecular weight is 1050 g/mol. The zero-order valence-corrected chi connectivity index (χ0v) is 42.8. The van der Waals surface area contributed by atoms with E-state index in [0.29, 0.717) is 5.56 Å². The van der Waals surface area contributed by atoms with Gasteiger partial charge in [0.25, 0.3) is 0 Å². The van der Waals surface area contributed by atoms with E-state index in [-0.39, 0.29) is 75.7 Å². The molecule has 0 aliphatic heterocycles. The molecule has 10 amide bonds. The van der Waals surface area contributed by atoms with Crippen molar-refractivity contribution in [3.8, 4) is 5.75 Å². The van der Waals surface area contributed by atoms with Gasteiger partial charge in [0.1, 0.15) is 48.0 Å². The monoisotopic (exact) mass is 1050 g/mol. The van der Waals surface area contributed by atoms with Crippen molar-refractivity contribution < 1.29 is 58.2 Å². The van der Waals surface area contributed by atoms with Gasteiger partial charge in [-0.1, -0.05) is 46.8 Å². The molecule has 0 heterocycles. The quantitative estimate of drug-likeness (QED) is 0.0175. The number of carbonyl (C=O) groups is 10. The molecule has 0 aliphatic rings. The largest absolute Gasteiger partial charge is 0.508 e. The van der Waals surface area contributed by atoms with Gasteiger partial charge in [0.2, 0.25) is 59.1 Å². The van der Waals surface area contributed by atoms with Crippen molar-refractivity contribution in [2.45, 2.75) is 148 Å². The van der Waals surface area contributed by atoms with Crippen LogP contribution in [-0.2, 0) is 54.4 Å². The first-order valence-corrected chi connectivity index (χ1v) is 24.1. The molecule has 0 spiro atoms. The average Bonchev–Trinajstić information content (AvgIpc) is 3.29. The first kappa shape index (κ1) is 64.2. The first-order chi connectivity index (χ1) is 34.5. The smallest absolute Gasteiger partial charge is 0.245 e. The number of phenolic OH excluding ortho intramolecular Hbond substituents is 1. The molecule has 0 saturated heterocycles.